The summed E-state index contributed by atoms with van der Waals surface area (Å²) in [5.74, 6) is 1.45. The quantitative estimate of drug-likeness (QED) is 0.303. The van der Waals surface area contributed by atoms with Gasteiger partial charge in [0.15, 0.2) is 12.1 Å². The van der Waals surface area contributed by atoms with Gasteiger partial charge in [0.1, 0.15) is 24.4 Å². The van der Waals surface area contributed by atoms with Gasteiger partial charge in [-0.15, -0.1) is 5.10 Å². The predicted octanol–water partition coefficient (Wildman–Crippen LogP) is 4.82. The molecule has 1 N–H and O–H groups in total. The molecule has 38 heavy (non-hydrogen) atoms. The Morgan fingerprint density at radius 3 is 2.61 bits per heavy atom. The van der Waals surface area contributed by atoms with Crippen molar-refractivity contribution >= 4 is 28.8 Å². The minimum absolute atomic E-state index is 0.216. The molecule has 194 valence electrons. The first kappa shape index (κ1) is 24.9. The molecule has 0 aliphatic heterocycles. The lowest BCUT2D eigenvalue weighted by Gasteiger charge is -2.12. The van der Waals surface area contributed by atoms with Crippen LogP contribution >= 0.6 is 0 Å². The number of fused-ring (bicyclic) bond motifs is 1. The van der Waals surface area contributed by atoms with Crippen LogP contribution in [0.2, 0.25) is 0 Å². The van der Waals surface area contributed by atoms with Gasteiger partial charge in [-0.3, -0.25) is 14.0 Å². The number of imidazole rings is 1. The second-order valence-corrected chi connectivity index (χ2v) is 8.48. The summed E-state index contributed by atoms with van der Waals surface area (Å²) in [6.45, 7) is 2.10. The molecule has 0 radical (unpaired) electrons. The lowest BCUT2D eigenvalue weighted by Crippen LogP contribution is -2.19. The average Bonchev–Trinajstić information content (AvgIpc) is 3.46. The zero-order valence-corrected chi connectivity index (χ0v) is 20.5. The topological polar surface area (TPSA) is 113 Å². The molecule has 5 rings (SSSR count). The number of alkyl halides is 3. The van der Waals surface area contributed by atoms with E-state index < -0.39 is 12.7 Å². The van der Waals surface area contributed by atoms with Crippen molar-refractivity contribution < 1.29 is 22.7 Å². The van der Waals surface area contributed by atoms with Gasteiger partial charge in [-0.2, -0.15) is 23.4 Å². The van der Waals surface area contributed by atoms with Crippen LogP contribution in [0.4, 0.5) is 24.7 Å². The number of rotatable bonds is 7. The molecule has 10 nitrogen and oxygen atoms in total. The standard InChI is InChI=1S/C25H21F3N8O2/c1-14-4-6-22(34-33-14)31-19-8-18-20(9-21(19)38-3)35(13-29-18)23-7-5-16(11-37)24(32-23)17-10-30-36(15(17)2)12-25(26,27)28/h4-11,13H,12H2,1-3H3,(H,31,34). The lowest BCUT2D eigenvalue weighted by atomic mass is 10.1. The fourth-order valence-electron chi connectivity index (χ4n) is 4.00. The molecule has 0 fully saturated rings. The summed E-state index contributed by atoms with van der Waals surface area (Å²) in [7, 11) is 1.53. The number of pyridine rings is 1. The molecule has 0 unspecified atom stereocenters. The van der Waals surface area contributed by atoms with Crippen molar-refractivity contribution in [1.82, 2.24) is 34.5 Å². The third kappa shape index (κ3) is 4.77. The Morgan fingerprint density at radius 1 is 1.11 bits per heavy atom. The molecule has 13 heteroatoms. The van der Waals surface area contributed by atoms with E-state index in [0.717, 1.165) is 10.4 Å². The lowest BCUT2D eigenvalue weighted by molar-refractivity contribution is -0.142. The number of anilines is 2. The Labute approximate surface area is 214 Å². The van der Waals surface area contributed by atoms with Gasteiger partial charge >= 0.3 is 6.18 Å². The van der Waals surface area contributed by atoms with Crippen molar-refractivity contribution in [2.45, 2.75) is 26.6 Å². The highest BCUT2D eigenvalue weighted by atomic mass is 19.4. The van der Waals surface area contributed by atoms with Crippen molar-refractivity contribution in [2.75, 3.05) is 12.4 Å². The zero-order chi connectivity index (χ0) is 27.0. The van der Waals surface area contributed by atoms with Gasteiger partial charge < -0.3 is 10.1 Å². The third-order valence-electron chi connectivity index (χ3n) is 5.90. The summed E-state index contributed by atoms with van der Waals surface area (Å²) in [5, 5.41) is 15.2. The van der Waals surface area contributed by atoms with Gasteiger partial charge in [-0.05, 0) is 44.2 Å². The Balaban J connectivity index is 1.56. The molecule has 0 aliphatic rings. The van der Waals surface area contributed by atoms with E-state index in [0.29, 0.717) is 46.0 Å². The van der Waals surface area contributed by atoms with E-state index in [-0.39, 0.29) is 17.0 Å². The van der Waals surface area contributed by atoms with E-state index in [2.05, 4.69) is 30.6 Å². The third-order valence-corrected chi connectivity index (χ3v) is 5.90. The summed E-state index contributed by atoms with van der Waals surface area (Å²) in [4.78, 5) is 20.8. The first-order valence-corrected chi connectivity index (χ1v) is 11.4. The van der Waals surface area contributed by atoms with Crippen LogP contribution in [0.5, 0.6) is 5.75 Å². The van der Waals surface area contributed by atoms with Gasteiger partial charge in [0.2, 0.25) is 0 Å². The fourth-order valence-corrected chi connectivity index (χ4v) is 4.00. The summed E-state index contributed by atoms with van der Waals surface area (Å²) in [6, 6.07) is 10.4. The maximum atomic E-state index is 12.9. The molecule has 0 saturated carbocycles. The maximum absolute atomic E-state index is 12.9. The van der Waals surface area contributed by atoms with Crippen molar-refractivity contribution in [2.24, 2.45) is 0 Å². The average molecular weight is 522 g/mol. The summed E-state index contributed by atoms with van der Waals surface area (Å²) < 4.78 is 46.9. The highest BCUT2D eigenvalue weighted by molar-refractivity contribution is 5.88. The highest BCUT2D eigenvalue weighted by Crippen LogP contribution is 2.33. The fraction of sp³-hybridized carbons (Fsp3) is 0.200. The van der Waals surface area contributed by atoms with E-state index in [1.807, 2.05) is 13.0 Å². The van der Waals surface area contributed by atoms with E-state index in [1.54, 1.807) is 41.2 Å². The van der Waals surface area contributed by atoms with Crippen LogP contribution in [0, 0.1) is 13.8 Å². The Kier molecular flexibility index (Phi) is 6.27. The number of carbonyl (C=O) groups excluding carboxylic acids is 1. The molecule has 0 atom stereocenters. The van der Waals surface area contributed by atoms with Gasteiger partial charge in [0, 0.05) is 22.9 Å². The van der Waals surface area contributed by atoms with Crippen LogP contribution in [-0.4, -0.2) is 54.1 Å². The van der Waals surface area contributed by atoms with Crippen molar-refractivity contribution in [3.8, 4) is 22.8 Å². The first-order valence-electron chi connectivity index (χ1n) is 11.4. The van der Waals surface area contributed by atoms with E-state index in [9.17, 15) is 18.0 Å². The van der Waals surface area contributed by atoms with Crippen LogP contribution in [-0.2, 0) is 6.54 Å². The smallest absolute Gasteiger partial charge is 0.408 e. The van der Waals surface area contributed by atoms with Crippen LogP contribution < -0.4 is 10.1 Å². The molecule has 0 bridgehead atoms. The number of halogens is 3. The number of hydrogen-bond acceptors (Lipinski definition) is 8. The number of aromatic nitrogens is 7. The number of aryl methyl sites for hydroxylation is 1. The molecule has 0 spiro atoms. The van der Waals surface area contributed by atoms with Gasteiger partial charge in [0.25, 0.3) is 0 Å². The Hall–Kier alpha value is -4.81. The van der Waals surface area contributed by atoms with Crippen molar-refractivity contribution in [3.05, 3.63) is 65.9 Å². The molecular formula is C25H21F3N8O2. The molecular weight excluding hydrogens is 501 g/mol. The van der Waals surface area contributed by atoms with Crippen molar-refractivity contribution in [3.63, 3.8) is 0 Å². The summed E-state index contributed by atoms with van der Waals surface area (Å²) in [5.41, 5.74) is 3.68. The SMILES string of the molecule is COc1cc2c(cc1Nc1ccc(C)nn1)ncn2-c1ccc(C=O)c(-c2cnn(CC(F)(F)F)c2C)n1. The Morgan fingerprint density at radius 2 is 1.92 bits per heavy atom. The highest BCUT2D eigenvalue weighted by Gasteiger charge is 2.30. The second kappa shape index (κ2) is 9.57. The number of aldehydes is 1. The van der Waals surface area contributed by atoms with Gasteiger partial charge in [-0.1, -0.05) is 0 Å². The van der Waals surface area contributed by atoms with E-state index in [1.165, 1.54) is 20.2 Å². The normalized spacial score (nSPS) is 11.6. The molecule has 4 aromatic heterocycles. The van der Waals surface area contributed by atoms with Gasteiger partial charge in [-0.25, -0.2) is 9.97 Å². The van der Waals surface area contributed by atoms with Crippen LogP contribution in [0.25, 0.3) is 28.1 Å². The first-order chi connectivity index (χ1) is 18.2. The molecule has 1 aromatic carbocycles. The zero-order valence-electron chi connectivity index (χ0n) is 20.5. The number of methoxy groups -OCH3 is 1. The van der Waals surface area contributed by atoms with E-state index >= 15 is 0 Å². The van der Waals surface area contributed by atoms with Gasteiger partial charge in [0.05, 0.1) is 41.4 Å². The minimum Gasteiger partial charge on any atom is -0.494 e. The van der Waals surface area contributed by atoms with E-state index in [4.69, 9.17) is 4.74 Å². The Bertz CT molecular complexity index is 1640. The monoisotopic (exact) mass is 522 g/mol. The molecule has 5 aromatic rings. The number of nitrogens with zero attached hydrogens (tertiary/aromatic N) is 7. The minimum atomic E-state index is -4.44. The maximum Gasteiger partial charge on any atom is 0.408 e. The summed E-state index contributed by atoms with van der Waals surface area (Å²) >= 11 is 0. The molecule has 0 saturated heterocycles. The predicted molar refractivity (Wildman–Crippen MR) is 133 cm³/mol. The summed E-state index contributed by atoms with van der Waals surface area (Å²) in [6.07, 6.45) is -0.994. The largest absolute Gasteiger partial charge is 0.494 e. The number of hydrogen-bond donors (Lipinski definition) is 1. The number of benzene rings is 1. The number of carbonyl (C=O) groups is 1. The number of nitrogens with one attached hydrogen (secondary N) is 1. The molecule has 4 heterocycles. The molecule has 0 amide bonds. The molecule has 0 aliphatic carbocycles. The van der Waals surface area contributed by atoms with Crippen LogP contribution in [0.15, 0.2) is 48.9 Å². The number of ether oxygens (including phenoxy) is 1. The van der Waals surface area contributed by atoms with Crippen LogP contribution in [0.1, 0.15) is 21.7 Å². The van der Waals surface area contributed by atoms with Crippen LogP contribution in [0.3, 0.4) is 0 Å². The second-order valence-electron chi connectivity index (χ2n) is 8.48. The van der Waals surface area contributed by atoms with Crippen molar-refractivity contribution in [1.29, 1.82) is 0 Å².